The molecule has 1 amide bonds. The van der Waals surface area contributed by atoms with Crippen molar-refractivity contribution in [2.75, 3.05) is 5.32 Å². The normalized spacial score (nSPS) is 24.4. The zero-order valence-electron chi connectivity index (χ0n) is 16.4. The zero-order valence-corrected chi connectivity index (χ0v) is 16.4. The van der Waals surface area contributed by atoms with Crippen LogP contribution < -0.4 is 5.32 Å². The minimum Gasteiger partial charge on any atom is -0.325 e. The molecule has 6 rings (SSSR count). The highest BCUT2D eigenvalue weighted by Gasteiger charge is 2.53. The minimum absolute atomic E-state index is 0.0960. The predicted octanol–water partition coefficient (Wildman–Crippen LogP) is 5.87. The first-order chi connectivity index (χ1) is 13.6. The van der Waals surface area contributed by atoms with Crippen LogP contribution in [-0.2, 0) is 11.2 Å². The number of carbonyl (C=O) groups excluding carboxylic acids is 1. The predicted molar refractivity (Wildman–Crippen MR) is 114 cm³/mol. The number of nitrogens with one attached hydrogen (secondary N) is 1. The maximum Gasteiger partial charge on any atom is 0.231 e. The molecule has 0 aromatic heterocycles. The summed E-state index contributed by atoms with van der Waals surface area (Å²) in [5, 5.41) is 3.28. The monoisotopic (exact) mass is 367 g/mol. The minimum atomic E-state index is -0.464. The molecule has 3 aromatic rings. The molecule has 2 nitrogen and oxygen atoms in total. The smallest absolute Gasteiger partial charge is 0.231 e. The Morgan fingerprint density at radius 3 is 2.04 bits per heavy atom. The molecule has 3 aromatic carbocycles. The van der Waals surface area contributed by atoms with Crippen molar-refractivity contribution < 1.29 is 4.79 Å². The van der Waals surface area contributed by atoms with Crippen LogP contribution in [0.4, 0.5) is 5.69 Å². The molecule has 0 saturated heterocycles. The quantitative estimate of drug-likeness (QED) is 0.616. The van der Waals surface area contributed by atoms with Gasteiger partial charge in [0.25, 0.3) is 0 Å². The Balaban J connectivity index is 1.60. The van der Waals surface area contributed by atoms with E-state index in [2.05, 4.69) is 73.8 Å². The molecule has 0 fully saturated rings. The van der Waals surface area contributed by atoms with Gasteiger partial charge in [-0.15, -0.1) is 0 Å². The van der Waals surface area contributed by atoms with Gasteiger partial charge in [0, 0.05) is 17.5 Å². The number of rotatable bonds is 3. The van der Waals surface area contributed by atoms with Gasteiger partial charge in [0.1, 0.15) is 0 Å². The second-order valence-corrected chi connectivity index (χ2v) is 8.33. The molecule has 0 aliphatic heterocycles. The van der Waals surface area contributed by atoms with Crippen molar-refractivity contribution in [1.29, 1.82) is 0 Å². The average Bonchev–Trinajstić information content (AvgIpc) is 2.74. The standard InChI is InChI=1S/C26H25NO/c1-3-17-10-4-9-15-23(17)27-25(28)26(2)16-22-18-11-5-7-13-20(18)24(26)21-14-8-6-12-19(21)22/h4-15,22,24H,3,16H2,1-2H3,(H,27,28)/t22?,24?,26-/m0/s1. The third-order valence-electron chi connectivity index (χ3n) is 6.80. The summed E-state index contributed by atoms with van der Waals surface area (Å²) >= 11 is 0. The van der Waals surface area contributed by atoms with Crippen LogP contribution in [0.2, 0.25) is 0 Å². The largest absolute Gasteiger partial charge is 0.325 e. The van der Waals surface area contributed by atoms with Crippen LogP contribution in [-0.4, -0.2) is 5.91 Å². The Hall–Kier alpha value is -2.87. The van der Waals surface area contributed by atoms with E-state index in [1.165, 1.54) is 27.8 Å². The maximum atomic E-state index is 13.7. The molecule has 0 saturated carbocycles. The lowest BCUT2D eigenvalue weighted by Crippen LogP contribution is -2.47. The summed E-state index contributed by atoms with van der Waals surface area (Å²) < 4.78 is 0. The Kier molecular flexibility index (Phi) is 3.90. The number of para-hydroxylation sites is 1. The van der Waals surface area contributed by atoms with Crippen molar-refractivity contribution in [1.82, 2.24) is 0 Å². The van der Waals surface area contributed by atoms with Gasteiger partial charge >= 0.3 is 0 Å². The van der Waals surface area contributed by atoms with Gasteiger partial charge in [-0.25, -0.2) is 0 Å². The summed E-state index contributed by atoms with van der Waals surface area (Å²) in [5.74, 6) is 0.515. The third kappa shape index (κ3) is 2.37. The summed E-state index contributed by atoms with van der Waals surface area (Å²) in [5.41, 5.74) is 7.09. The number of carbonyl (C=O) groups is 1. The average molecular weight is 367 g/mol. The molecule has 0 radical (unpaired) electrons. The lowest BCUT2D eigenvalue weighted by atomic mass is 9.52. The lowest BCUT2D eigenvalue weighted by Gasteiger charge is -2.50. The highest BCUT2D eigenvalue weighted by Crippen LogP contribution is 2.61. The topological polar surface area (TPSA) is 29.1 Å². The van der Waals surface area contributed by atoms with E-state index < -0.39 is 5.41 Å². The van der Waals surface area contributed by atoms with Crippen LogP contribution in [0.25, 0.3) is 0 Å². The highest BCUT2D eigenvalue weighted by molar-refractivity contribution is 5.97. The maximum absolute atomic E-state index is 13.7. The molecule has 2 bridgehead atoms. The van der Waals surface area contributed by atoms with E-state index in [9.17, 15) is 4.79 Å². The van der Waals surface area contributed by atoms with Crippen LogP contribution in [0, 0.1) is 5.41 Å². The van der Waals surface area contributed by atoms with E-state index >= 15 is 0 Å². The van der Waals surface area contributed by atoms with Crippen LogP contribution >= 0.6 is 0 Å². The van der Waals surface area contributed by atoms with E-state index in [4.69, 9.17) is 0 Å². The van der Waals surface area contributed by atoms with Gasteiger partial charge in [-0.2, -0.15) is 0 Å². The Morgan fingerprint density at radius 2 is 1.43 bits per heavy atom. The number of anilines is 1. The van der Waals surface area contributed by atoms with Gasteiger partial charge in [0.2, 0.25) is 5.91 Å². The van der Waals surface area contributed by atoms with Gasteiger partial charge in [0.05, 0.1) is 5.41 Å². The summed E-state index contributed by atoms with van der Waals surface area (Å²) in [6, 6.07) is 25.5. The first kappa shape index (κ1) is 17.2. The fourth-order valence-corrected chi connectivity index (χ4v) is 5.40. The fourth-order valence-electron chi connectivity index (χ4n) is 5.40. The van der Waals surface area contributed by atoms with E-state index in [0.717, 1.165) is 18.5 Å². The first-order valence-corrected chi connectivity index (χ1v) is 10.2. The van der Waals surface area contributed by atoms with E-state index in [-0.39, 0.29) is 17.7 Å². The molecule has 140 valence electrons. The first-order valence-electron chi connectivity index (χ1n) is 10.2. The van der Waals surface area contributed by atoms with Crippen LogP contribution in [0.3, 0.4) is 0 Å². The van der Waals surface area contributed by atoms with Crippen molar-refractivity contribution in [3.63, 3.8) is 0 Å². The van der Waals surface area contributed by atoms with Crippen LogP contribution in [0.1, 0.15) is 59.9 Å². The second-order valence-electron chi connectivity index (χ2n) is 8.33. The van der Waals surface area contributed by atoms with Crippen LogP contribution in [0.15, 0.2) is 72.8 Å². The van der Waals surface area contributed by atoms with Gasteiger partial charge in [-0.05, 0) is 53.6 Å². The Bertz CT molecular complexity index is 1020. The fraction of sp³-hybridized carbons (Fsp3) is 0.269. The van der Waals surface area contributed by atoms with E-state index in [1.807, 2.05) is 18.2 Å². The van der Waals surface area contributed by atoms with E-state index in [1.54, 1.807) is 0 Å². The van der Waals surface area contributed by atoms with Crippen molar-refractivity contribution in [3.8, 4) is 0 Å². The van der Waals surface area contributed by atoms with Crippen molar-refractivity contribution >= 4 is 11.6 Å². The Morgan fingerprint density at radius 1 is 0.893 bits per heavy atom. The summed E-state index contributed by atoms with van der Waals surface area (Å²) in [7, 11) is 0. The molecule has 0 unspecified atom stereocenters. The number of benzene rings is 3. The summed E-state index contributed by atoms with van der Waals surface area (Å²) in [6.07, 6.45) is 1.76. The lowest BCUT2D eigenvalue weighted by molar-refractivity contribution is -0.126. The molecule has 28 heavy (non-hydrogen) atoms. The van der Waals surface area contributed by atoms with Crippen molar-refractivity contribution in [2.24, 2.45) is 5.41 Å². The second kappa shape index (κ2) is 6.34. The molecule has 1 atom stereocenters. The number of aryl methyl sites for hydroxylation is 1. The van der Waals surface area contributed by atoms with Crippen molar-refractivity contribution in [3.05, 3.63) is 101 Å². The number of hydrogen-bond donors (Lipinski definition) is 1. The molecule has 3 aliphatic rings. The van der Waals surface area contributed by atoms with Crippen molar-refractivity contribution in [2.45, 2.75) is 38.5 Å². The summed E-state index contributed by atoms with van der Waals surface area (Å²) in [6.45, 7) is 4.28. The molecular weight excluding hydrogens is 342 g/mol. The van der Waals surface area contributed by atoms with Gasteiger partial charge < -0.3 is 5.32 Å². The number of amides is 1. The molecule has 1 N–H and O–H groups in total. The third-order valence-corrected chi connectivity index (χ3v) is 6.80. The van der Waals surface area contributed by atoms with Gasteiger partial charge in [0.15, 0.2) is 0 Å². The molecule has 2 heteroatoms. The Labute approximate surface area is 166 Å². The van der Waals surface area contributed by atoms with E-state index in [0.29, 0.717) is 0 Å². The highest BCUT2D eigenvalue weighted by atomic mass is 16.2. The zero-order chi connectivity index (χ0) is 19.3. The SMILES string of the molecule is CCc1ccccc1NC(=O)[C@@]1(C)CC2c3ccccc3C1c1ccccc12. The van der Waals surface area contributed by atoms with Gasteiger partial charge in [-0.1, -0.05) is 73.7 Å². The number of hydrogen-bond acceptors (Lipinski definition) is 1. The number of fused-ring (bicyclic) bond motifs is 1. The van der Waals surface area contributed by atoms with Gasteiger partial charge in [-0.3, -0.25) is 4.79 Å². The van der Waals surface area contributed by atoms with Crippen LogP contribution in [0.5, 0.6) is 0 Å². The molecule has 3 aliphatic carbocycles. The molecular formula is C26H25NO. The molecule has 0 spiro atoms. The summed E-state index contributed by atoms with van der Waals surface area (Å²) in [4.78, 5) is 13.7. The molecule has 0 heterocycles.